The summed E-state index contributed by atoms with van der Waals surface area (Å²) in [7, 11) is 0. The van der Waals surface area contributed by atoms with E-state index in [-0.39, 0.29) is 38.8 Å². The fraction of sp³-hybridized carbons (Fsp3) is 0. The predicted octanol–water partition coefficient (Wildman–Crippen LogP) is -3.01. The first kappa shape index (κ1) is 17.9. The number of hydrogen-bond acceptors (Lipinski definition) is 1. The van der Waals surface area contributed by atoms with Gasteiger partial charge < -0.3 is 1.43 Å². The van der Waals surface area contributed by atoms with Gasteiger partial charge in [0.15, 0.2) is 0 Å². The van der Waals surface area contributed by atoms with E-state index in [0.29, 0.717) is 0 Å². The minimum atomic E-state index is 0. The Morgan fingerprint density at radius 1 is 1.50 bits per heavy atom. The SMILES string of the molecule is [H-].[Li+].[O]=[Co].[V]. The van der Waals surface area contributed by atoms with Gasteiger partial charge in [0.2, 0.25) is 0 Å². The van der Waals surface area contributed by atoms with Crippen molar-refractivity contribution in [2.45, 2.75) is 0 Å². The van der Waals surface area contributed by atoms with Gasteiger partial charge in [0, 0.05) is 18.6 Å². The van der Waals surface area contributed by atoms with E-state index in [0.717, 1.165) is 0 Å². The van der Waals surface area contributed by atoms with Crippen LogP contribution >= 0.6 is 0 Å². The van der Waals surface area contributed by atoms with E-state index < -0.39 is 0 Å². The minimum absolute atomic E-state index is 0. The summed E-state index contributed by atoms with van der Waals surface area (Å²) < 4.78 is 7.94. The molecule has 0 fully saturated rings. The van der Waals surface area contributed by atoms with Crippen LogP contribution in [0.15, 0.2) is 0 Å². The molecule has 4 heavy (non-hydrogen) atoms. The average molecular weight is 134 g/mol. The van der Waals surface area contributed by atoms with Gasteiger partial charge in [0.25, 0.3) is 0 Å². The van der Waals surface area contributed by atoms with Gasteiger partial charge in [-0.25, -0.2) is 0 Å². The summed E-state index contributed by atoms with van der Waals surface area (Å²) in [5.41, 5.74) is 0. The van der Waals surface area contributed by atoms with Crippen LogP contribution in [0.25, 0.3) is 0 Å². The van der Waals surface area contributed by atoms with Gasteiger partial charge >= 0.3 is 38.4 Å². The van der Waals surface area contributed by atoms with Gasteiger partial charge in [-0.2, -0.15) is 0 Å². The Morgan fingerprint density at radius 3 is 1.50 bits per heavy atom. The molecule has 0 saturated heterocycles. The van der Waals surface area contributed by atoms with Crippen LogP contribution in [0.4, 0.5) is 0 Å². The van der Waals surface area contributed by atoms with Crippen molar-refractivity contribution in [3.63, 3.8) is 0 Å². The van der Waals surface area contributed by atoms with Crippen LogP contribution in [-0.2, 0) is 38.1 Å². The zero-order valence-corrected chi connectivity index (χ0v) is 4.63. The molecule has 0 rings (SSSR count). The zero-order valence-electron chi connectivity index (χ0n) is 3.19. The molecule has 0 aliphatic rings. The third kappa shape index (κ3) is 9.75. The summed E-state index contributed by atoms with van der Waals surface area (Å²) in [6, 6.07) is 0. The minimum Gasteiger partial charge on any atom is 0 e. The molecule has 0 aliphatic carbocycles. The first-order chi connectivity index (χ1) is 1.00. The quantitative estimate of drug-likeness (QED) is 0.322. The largest absolute Gasteiger partial charge is 0 e. The van der Waals surface area contributed by atoms with Gasteiger partial charge in [-0.15, -0.1) is 0 Å². The molecule has 0 aromatic rings. The topological polar surface area (TPSA) is 17.1 Å². The molecule has 0 amide bonds. The molecule has 0 saturated carbocycles. The van der Waals surface area contributed by atoms with Gasteiger partial charge in [-0.3, -0.25) is 0 Å². The Balaban J connectivity index is -0.00000000167. The summed E-state index contributed by atoms with van der Waals surface area (Å²) in [6.45, 7) is 0. The van der Waals surface area contributed by atoms with Crippen LogP contribution in [0, 0.1) is 0 Å². The monoisotopic (exact) mass is 134 g/mol. The van der Waals surface area contributed by atoms with Crippen molar-refractivity contribution < 1.29 is 58.4 Å². The Labute approximate surface area is 58.2 Å². The molecule has 0 unspecified atom stereocenters. The maximum Gasteiger partial charge on any atom is 0 e. The van der Waals surface area contributed by atoms with Crippen molar-refractivity contribution in [3.05, 3.63) is 0 Å². The fourth-order valence-electron chi connectivity index (χ4n) is 0. The molecule has 0 N–H and O–H groups in total. The number of rotatable bonds is 0. The summed E-state index contributed by atoms with van der Waals surface area (Å²) in [4.78, 5) is 0. The van der Waals surface area contributed by atoms with E-state index in [1.165, 1.54) is 0 Å². The summed E-state index contributed by atoms with van der Waals surface area (Å²) in [5, 5.41) is 0. The van der Waals surface area contributed by atoms with Crippen LogP contribution in [0.1, 0.15) is 1.43 Å². The average Bonchev–Trinajstić information content (AvgIpc) is 1.00. The first-order valence-corrected chi connectivity index (χ1v) is 0.561. The van der Waals surface area contributed by atoms with E-state index in [9.17, 15) is 0 Å². The summed E-state index contributed by atoms with van der Waals surface area (Å²) >= 11 is 2.31. The molecular formula is HCoLiOV. The van der Waals surface area contributed by atoms with Gasteiger partial charge in [-0.1, -0.05) is 0 Å². The first-order valence-electron chi connectivity index (χ1n) is 0.136. The molecule has 0 heterocycles. The maximum atomic E-state index is 7.94. The third-order valence-corrected chi connectivity index (χ3v) is 0. The Kier molecular flexibility index (Phi) is 110. The Morgan fingerprint density at radius 2 is 1.50 bits per heavy atom. The second-order valence-electron chi connectivity index (χ2n) is 0. The molecule has 1 radical (unpaired) electrons. The Hall–Kier alpha value is 1.49. The molecule has 0 atom stereocenters. The van der Waals surface area contributed by atoms with Crippen LogP contribution in [0.5, 0.6) is 0 Å². The molecule has 0 aliphatic heterocycles. The van der Waals surface area contributed by atoms with Crippen LogP contribution < -0.4 is 18.9 Å². The molecule has 0 spiro atoms. The van der Waals surface area contributed by atoms with E-state index in [2.05, 4.69) is 15.7 Å². The second-order valence-corrected chi connectivity index (χ2v) is 0. The van der Waals surface area contributed by atoms with Crippen LogP contribution in [0.2, 0.25) is 0 Å². The molecule has 0 aromatic carbocycles. The van der Waals surface area contributed by atoms with Gasteiger partial charge in [-0.05, 0) is 0 Å². The molecule has 4 heteroatoms. The normalized spacial score (nSPS) is 1.25. The fourth-order valence-corrected chi connectivity index (χ4v) is 0. The molecular weight excluding hydrogens is 133 g/mol. The van der Waals surface area contributed by atoms with Crippen molar-refractivity contribution in [1.82, 2.24) is 0 Å². The number of hydrogen-bond donors (Lipinski definition) is 0. The van der Waals surface area contributed by atoms with Gasteiger partial charge in [0.05, 0.1) is 0 Å². The van der Waals surface area contributed by atoms with Crippen LogP contribution in [0.3, 0.4) is 0 Å². The molecule has 22 valence electrons. The maximum absolute atomic E-state index is 7.94. The molecule has 0 bridgehead atoms. The van der Waals surface area contributed by atoms with Crippen molar-refractivity contribution >= 4 is 0 Å². The predicted molar refractivity (Wildman–Crippen MR) is 1.80 cm³/mol. The van der Waals surface area contributed by atoms with E-state index >= 15 is 0 Å². The summed E-state index contributed by atoms with van der Waals surface area (Å²) in [6.07, 6.45) is 0. The van der Waals surface area contributed by atoms with E-state index in [4.69, 9.17) is 3.87 Å². The van der Waals surface area contributed by atoms with Crippen molar-refractivity contribution in [3.8, 4) is 0 Å². The molecule has 1 nitrogen and oxygen atoms in total. The zero-order chi connectivity index (χ0) is 2.00. The summed E-state index contributed by atoms with van der Waals surface area (Å²) in [5.74, 6) is 0. The Bertz CT molecular complexity index is 11.6. The smallest absolute Gasteiger partial charge is 0 e. The van der Waals surface area contributed by atoms with Gasteiger partial charge in [0.1, 0.15) is 0 Å². The van der Waals surface area contributed by atoms with Crippen molar-refractivity contribution in [1.29, 1.82) is 0 Å². The third-order valence-electron chi connectivity index (χ3n) is 0. The standard InChI is InChI=1S/Co.Li.O.V.H/q;+1;;;-1. The van der Waals surface area contributed by atoms with Crippen molar-refractivity contribution in [2.75, 3.05) is 0 Å². The van der Waals surface area contributed by atoms with E-state index in [1.807, 2.05) is 0 Å². The van der Waals surface area contributed by atoms with Crippen LogP contribution in [-0.4, -0.2) is 0 Å². The second kappa shape index (κ2) is 24.7. The molecule has 0 aromatic heterocycles. The van der Waals surface area contributed by atoms with Crippen molar-refractivity contribution in [2.24, 2.45) is 0 Å². The van der Waals surface area contributed by atoms with E-state index in [1.54, 1.807) is 0 Å².